The Labute approximate surface area is 160 Å². The molecule has 5 nitrogen and oxygen atoms in total. The van der Waals surface area contributed by atoms with E-state index in [1.165, 1.54) is 5.56 Å². The quantitative estimate of drug-likeness (QED) is 0.839. The van der Waals surface area contributed by atoms with Crippen LogP contribution in [0.3, 0.4) is 0 Å². The van der Waals surface area contributed by atoms with E-state index < -0.39 is 23.2 Å². The second kappa shape index (κ2) is 8.18. The molecule has 150 valence electrons. The highest BCUT2D eigenvalue weighted by molar-refractivity contribution is 5.92. The third kappa shape index (κ3) is 4.81. The van der Waals surface area contributed by atoms with Gasteiger partial charge in [-0.2, -0.15) is 13.2 Å². The predicted molar refractivity (Wildman–Crippen MR) is 98.8 cm³/mol. The van der Waals surface area contributed by atoms with Crippen LogP contribution in [0.4, 0.5) is 13.2 Å². The van der Waals surface area contributed by atoms with Crippen molar-refractivity contribution in [3.05, 3.63) is 69.6 Å². The smallest absolute Gasteiger partial charge is 0.346 e. The Morgan fingerprint density at radius 2 is 1.93 bits per heavy atom. The number of aromatic amines is 1. The molecule has 0 saturated carbocycles. The maximum atomic E-state index is 12.7. The molecule has 1 aromatic carbocycles. The van der Waals surface area contributed by atoms with Crippen LogP contribution < -0.4 is 10.9 Å². The first-order chi connectivity index (χ1) is 13.2. The lowest BCUT2D eigenvalue weighted by molar-refractivity contribution is -0.138. The zero-order valence-corrected chi connectivity index (χ0v) is 15.4. The topological polar surface area (TPSA) is 65.2 Å². The molecule has 28 heavy (non-hydrogen) atoms. The molecule has 1 aliphatic rings. The van der Waals surface area contributed by atoms with Crippen molar-refractivity contribution in [3.63, 3.8) is 0 Å². The van der Waals surface area contributed by atoms with Gasteiger partial charge in [0, 0.05) is 19.1 Å². The fourth-order valence-corrected chi connectivity index (χ4v) is 3.39. The van der Waals surface area contributed by atoms with E-state index in [0.717, 1.165) is 25.6 Å². The van der Waals surface area contributed by atoms with Gasteiger partial charge >= 0.3 is 6.18 Å². The Morgan fingerprint density at radius 3 is 2.57 bits per heavy atom. The van der Waals surface area contributed by atoms with Gasteiger partial charge in [0.2, 0.25) is 0 Å². The number of aromatic nitrogens is 1. The highest BCUT2D eigenvalue weighted by Crippen LogP contribution is 2.26. The summed E-state index contributed by atoms with van der Waals surface area (Å²) >= 11 is 0. The summed E-state index contributed by atoms with van der Waals surface area (Å²) in [5.74, 6) is -0.360. The summed E-state index contributed by atoms with van der Waals surface area (Å²) in [6, 6.07) is 11.5. The monoisotopic (exact) mass is 393 g/mol. The molecular weight excluding hydrogens is 371 g/mol. The molecular formula is C20H22F3N3O2. The number of amides is 1. The highest BCUT2D eigenvalue weighted by Gasteiger charge is 2.34. The van der Waals surface area contributed by atoms with Crippen molar-refractivity contribution in [1.82, 2.24) is 15.2 Å². The third-order valence-electron chi connectivity index (χ3n) is 5.07. The minimum absolute atomic E-state index is 0.157. The number of carbonyl (C=O) groups excluding carboxylic acids is 1. The van der Waals surface area contributed by atoms with E-state index in [4.69, 9.17) is 0 Å². The molecule has 2 atom stereocenters. The Morgan fingerprint density at radius 1 is 1.21 bits per heavy atom. The summed E-state index contributed by atoms with van der Waals surface area (Å²) in [6.45, 7) is 4.32. The number of pyridine rings is 1. The fraction of sp³-hybridized carbons (Fsp3) is 0.400. The standard InChI is InChI=1S/C20H22F3N3O2/c1-13-9-10-26(11-14-5-3-2-4-6-14)12-17(13)25-19(28)16-8-7-15(18(27)24-16)20(21,22)23/h2-8,13,17H,9-12H2,1H3,(H,24,27)(H,25,28). The Kier molecular flexibility index (Phi) is 5.88. The molecule has 1 saturated heterocycles. The van der Waals surface area contributed by atoms with Crippen LogP contribution in [0.15, 0.2) is 47.3 Å². The summed E-state index contributed by atoms with van der Waals surface area (Å²) in [5, 5.41) is 2.85. The molecule has 2 N–H and O–H groups in total. The van der Waals surface area contributed by atoms with E-state index in [-0.39, 0.29) is 17.7 Å². The van der Waals surface area contributed by atoms with Crippen molar-refractivity contribution in [2.45, 2.75) is 32.1 Å². The van der Waals surface area contributed by atoms with Gasteiger partial charge in [-0.15, -0.1) is 0 Å². The van der Waals surface area contributed by atoms with Crippen molar-refractivity contribution >= 4 is 5.91 Å². The molecule has 1 aromatic heterocycles. The van der Waals surface area contributed by atoms with E-state index in [9.17, 15) is 22.8 Å². The molecule has 3 rings (SSSR count). The predicted octanol–water partition coefficient (Wildman–Crippen LogP) is 3.03. The van der Waals surface area contributed by atoms with Crippen LogP contribution in [-0.2, 0) is 12.7 Å². The van der Waals surface area contributed by atoms with E-state index in [0.29, 0.717) is 12.6 Å². The number of rotatable bonds is 4. The number of hydrogen-bond donors (Lipinski definition) is 2. The first-order valence-corrected chi connectivity index (χ1v) is 9.11. The van der Waals surface area contributed by atoms with Crippen LogP contribution in [0.25, 0.3) is 0 Å². The minimum Gasteiger partial charge on any atom is -0.346 e. The molecule has 1 fully saturated rings. The van der Waals surface area contributed by atoms with Crippen LogP contribution >= 0.6 is 0 Å². The Balaban J connectivity index is 1.67. The van der Waals surface area contributed by atoms with Gasteiger partial charge in [-0.1, -0.05) is 37.3 Å². The number of likely N-dealkylation sites (tertiary alicyclic amines) is 1. The molecule has 0 aliphatic carbocycles. The molecule has 8 heteroatoms. The Hall–Kier alpha value is -2.61. The number of hydrogen-bond acceptors (Lipinski definition) is 3. The van der Waals surface area contributed by atoms with E-state index >= 15 is 0 Å². The fourth-order valence-electron chi connectivity index (χ4n) is 3.39. The number of H-pyrrole nitrogens is 1. The van der Waals surface area contributed by atoms with Gasteiger partial charge in [0.15, 0.2) is 0 Å². The molecule has 2 unspecified atom stereocenters. The van der Waals surface area contributed by atoms with Crippen LogP contribution in [0.2, 0.25) is 0 Å². The molecule has 2 heterocycles. The van der Waals surface area contributed by atoms with Crippen LogP contribution in [-0.4, -0.2) is 34.9 Å². The third-order valence-corrected chi connectivity index (χ3v) is 5.07. The van der Waals surface area contributed by atoms with Gasteiger partial charge < -0.3 is 10.3 Å². The van der Waals surface area contributed by atoms with Crippen LogP contribution in [0.1, 0.15) is 35.0 Å². The van der Waals surface area contributed by atoms with Crippen molar-refractivity contribution in [2.75, 3.05) is 13.1 Å². The molecule has 1 aliphatic heterocycles. The lowest BCUT2D eigenvalue weighted by Crippen LogP contribution is -2.51. The molecule has 0 bridgehead atoms. The van der Waals surface area contributed by atoms with Crippen molar-refractivity contribution < 1.29 is 18.0 Å². The summed E-state index contributed by atoms with van der Waals surface area (Å²) < 4.78 is 38.1. The van der Waals surface area contributed by atoms with E-state index in [1.54, 1.807) is 0 Å². The second-order valence-corrected chi connectivity index (χ2v) is 7.18. The van der Waals surface area contributed by atoms with Gasteiger partial charge in [-0.3, -0.25) is 14.5 Å². The van der Waals surface area contributed by atoms with E-state index in [2.05, 4.69) is 10.2 Å². The lowest BCUT2D eigenvalue weighted by Gasteiger charge is -2.37. The zero-order chi connectivity index (χ0) is 20.3. The normalized spacial score (nSPS) is 20.7. The maximum Gasteiger partial charge on any atom is 0.421 e. The summed E-state index contributed by atoms with van der Waals surface area (Å²) in [6.07, 6.45) is -3.86. The number of piperidine rings is 1. The number of halogens is 3. The summed E-state index contributed by atoms with van der Waals surface area (Å²) in [5.41, 5.74) is -1.63. The van der Waals surface area contributed by atoms with Gasteiger partial charge in [0.05, 0.1) is 0 Å². The first-order valence-electron chi connectivity index (χ1n) is 9.11. The van der Waals surface area contributed by atoms with Gasteiger partial charge in [-0.25, -0.2) is 0 Å². The highest BCUT2D eigenvalue weighted by atomic mass is 19.4. The average molecular weight is 393 g/mol. The molecule has 0 radical (unpaired) electrons. The lowest BCUT2D eigenvalue weighted by atomic mass is 9.93. The van der Waals surface area contributed by atoms with Crippen molar-refractivity contribution in [2.24, 2.45) is 5.92 Å². The van der Waals surface area contributed by atoms with Gasteiger partial charge in [0.25, 0.3) is 11.5 Å². The van der Waals surface area contributed by atoms with Gasteiger partial charge in [0.1, 0.15) is 11.3 Å². The molecule has 1 amide bonds. The Bertz CT molecular complexity index is 880. The maximum absolute atomic E-state index is 12.7. The number of nitrogens with zero attached hydrogens (tertiary/aromatic N) is 1. The summed E-state index contributed by atoms with van der Waals surface area (Å²) in [4.78, 5) is 28.4. The van der Waals surface area contributed by atoms with Crippen LogP contribution in [0, 0.1) is 5.92 Å². The van der Waals surface area contributed by atoms with Crippen molar-refractivity contribution in [3.8, 4) is 0 Å². The van der Waals surface area contributed by atoms with Crippen molar-refractivity contribution in [1.29, 1.82) is 0 Å². The number of carbonyl (C=O) groups is 1. The number of alkyl halides is 3. The first kappa shape index (κ1) is 20.1. The molecule has 0 spiro atoms. The van der Waals surface area contributed by atoms with Gasteiger partial charge in [-0.05, 0) is 36.6 Å². The zero-order valence-electron chi connectivity index (χ0n) is 15.4. The SMILES string of the molecule is CC1CCN(Cc2ccccc2)CC1NC(=O)c1ccc(C(F)(F)F)c(=O)[nH]1. The number of nitrogens with one attached hydrogen (secondary N) is 2. The average Bonchev–Trinajstić information content (AvgIpc) is 2.64. The summed E-state index contributed by atoms with van der Waals surface area (Å²) in [7, 11) is 0. The second-order valence-electron chi connectivity index (χ2n) is 7.18. The molecule has 2 aromatic rings. The minimum atomic E-state index is -4.75. The van der Waals surface area contributed by atoms with Crippen LogP contribution in [0.5, 0.6) is 0 Å². The largest absolute Gasteiger partial charge is 0.421 e. The number of benzene rings is 1. The van der Waals surface area contributed by atoms with E-state index in [1.807, 2.05) is 42.2 Å².